The van der Waals surface area contributed by atoms with Crippen molar-refractivity contribution in [3.05, 3.63) is 0 Å². The first-order valence-corrected chi connectivity index (χ1v) is 7.23. The summed E-state index contributed by atoms with van der Waals surface area (Å²) in [5, 5.41) is 0. The molecule has 1 aliphatic heterocycles. The molecule has 2 aliphatic rings. The first-order valence-electron chi connectivity index (χ1n) is 7.23. The molecule has 4 heteroatoms. The van der Waals surface area contributed by atoms with Crippen LogP contribution in [0, 0.1) is 5.92 Å². The summed E-state index contributed by atoms with van der Waals surface area (Å²) in [6.45, 7) is 2.96. The Labute approximate surface area is 117 Å². The standard InChI is InChI=1S/C14H26N2O.ClH/c1-11(15)8-9-14(17)16-10-4-7-13(16)12-5-2-3-6-12;/h11-13H,2-10,15H2,1H3;1H. The van der Waals surface area contributed by atoms with Gasteiger partial charge in [-0.15, -0.1) is 12.4 Å². The van der Waals surface area contributed by atoms with Crippen molar-refractivity contribution in [1.82, 2.24) is 4.90 Å². The van der Waals surface area contributed by atoms with Crippen LogP contribution in [0.2, 0.25) is 0 Å². The van der Waals surface area contributed by atoms with E-state index >= 15 is 0 Å². The Hall–Kier alpha value is -0.280. The molecule has 18 heavy (non-hydrogen) atoms. The van der Waals surface area contributed by atoms with Crippen LogP contribution in [-0.4, -0.2) is 29.4 Å². The molecule has 106 valence electrons. The van der Waals surface area contributed by atoms with Crippen molar-refractivity contribution < 1.29 is 4.79 Å². The summed E-state index contributed by atoms with van der Waals surface area (Å²) in [4.78, 5) is 14.4. The third kappa shape index (κ3) is 3.86. The second-order valence-corrected chi connectivity index (χ2v) is 5.86. The molecule has 1 saturated carbocycles. The van der Waals surface area contributed by atoms with Crippen LogP contribution in [0.15, 0.2) is 0 Å². The highest BCUT2D eigenvalue weighted by Gasteiger charge is 2.35. The average Bonchev–Trinajstić information content (AvgIpc) is 2.94. The Morgan fingerprint density at radius 3 is 2.56 bits per heavy atom. The summed E-state index contributed by atoms with van der Waals surface area (Å²) in [7, 11) is 0. The number of nitrogens with two attached hydrogens (primary N) is 1. The van der Waals surface area contributed by atoms with Crippen LogP contribution in [0.4, 0.5) is 0 Å². The molecule has 2 unspecified atom stereocenters. The van der Waals surface area contributed by atoms with Crippen molar-refractivity contribution >= 4 is 18.3 Å². The Morgan fingerprint density at radius 2 is 1.94 bits per heavy atom. The summed E-state index contributed by atoms with van der Waals surface area (Å²) in [6.07, 6.45) is 9.29. The van der Waals surface area contributed by atoms with Gasteiger partial charge in [-0.1, -0.05) is 12.8 Å². The van der Waals surface area contributed by atoms with Gasteiger partial charge in [0.1, 0.15) is 0 Å². The fourth-order valence-electron chi connectivity index (χ4n) is 3.43. The summed E-state index contributed by atoms with van der Waals surface area (Å²) >= 11 is 0. The molecule has 3 nitrogen and oxygen atoms in total. The zero-order valence-corrected chi connectivity index (χ0v) is 12.3. The van der Waals surface area contributed by atoms with E-state index in [1.54, 1.807) is 0 Å². The van der Waals surface area contributed by atoms with Gasteiger partial charge in [0.25, 0.3) is 0 Å². The minimum absolute atomic E-state index is 0. The lowest BCUT2D eigenvalue weighted by atomic mass is 9.96. The normalized spacial score (nSPS) is 26.1. The SMILES string of the molecule is CC(N)CCC(=O)N1CCCC1C1CCCC1.Cl. The number of likely N-dealkylation sites (tertiary alicyclic amines) is 1. The molecule has 1 heterocycles. The van der Waals surface area contributed by atoms with E-state index in [0.717, 1.165) is 18.9 Å². The van der Waals surface area contributed by atoms with Gasteiger partial charge in [-0.3, -0.25) is 4.79 Å². The van der Waals surface area contributed by atoms with E-state index in [2.05, 4.69) is 4.90 Å². The number of rotatable bonds is 4. The van der Waals surface area contributed by atoms with Gasteiger partial charge in [-0.2, -0.15) is 0 Å². The Bertz CT molecular complexity index is 265. The topological polar surface area (TPSA) is 46.3 Å². The molecule has 1 aliphatic carbocycles. The molecule has 0 spiro atoms. The maximum Gasteiger partial charge on any atom is 0.222 e. The van der Waals surface area contributed by atoms with E-state index in [0.29, 0.717) is 18.4 Å². The van der Waals surface area contributed by atoms with Crippen LogP contribution in [0.25, 0.3) is 0 Å². The summed E-state index contributed by atoms with van der Waals surface area (Å²) in [5.74, 6) is 1.13. The summed E-state index contributed by atoms with van der Waals surface area (Å²) < 4.78 is 0. The van der Waals surface area contributed by atoms with Crippen LogP contribution >= 0.6 is 12.4 Å². The smallest absolute Gasteiger partial charge is 0.222 e. The fraction of sp³-hybridized carbons (Fsp3) is 0.929. The highest BCUT2D eigenvalue weighted by Crippen LogP contribution is 2.35. The second-order valence-electron chi connectivity index (χ2n) is 5.86. The van der Waals surface area contributed by atoms with Crippen molar-refractivity contribution in [3.8, 4) is 0 Å². The van der Waals surface area contributed by atoms with Crippen molar-refractivity contribution in [2.45, 2.75) is 70.4 Å². The first kappa shape index (κ1) is 15.8. The van der Waals surface area contributed by atoms with Crippen LogP contribution in [0.1, 0.15) is 58.3 Å². The van der Waals surface area contributed by atoms with Crippen molar-refractivity contribution in [3.63, 3.8) is 0 Å². The Kier molecular flexibility index (Phi) is 6.44. The number of carbonyl (C=O) groups is 1. The molecule has 0 radical (unpaired) electrons. The number of hydrogen-bond donors (Lipinski definition) is 1. The summed E-state index contributed by atoms with van der Waals surface area (Å²) in [6, 6.07) is 0.699. The van der Waals surface area contributed by atoms with Crippen LogP contribution < -0.4 is 5.73 Å². The van der Waals surface area contributed by atoms with Gasteiger partial charge in [0.2, 0.25) is 5.91 Å². The van der Waals surface area contributed by atoms with Gasteiger partial charge < -0.3 is 10.6 Å². The largest absolute Gasteiger partial charge is 0.339 e. The predicted octanol–water partition coefficient (Wildman–Crippen LogP) is 2.72. The lowest BCUT2D eigenvalue weighted by molar-refractivity contribution is -0.133. The molecule has 1 amide bonds. The Morgan fingerprint density at radius 1 is 1.28 bits per heavy atom. The molecule has 0 bridgehead atoms. The second kappa shape index (κ2) is 7.34. The van der Waals surface area contributed by atoms with Gasteiger partial charge >= 0.3 is 0 Å². The minimum Gasteiger partial charge on any atom is -0.339 e. The zero-order chi connectivity index (χ0) is 12.3. The van der Waals surface area contributed by atoms with Gasteiger partial charge in [0.15, 0.2) is 0 Å². The quantitative estimate of drug-likeness (QED) is 0.857. The maximum atomic E-state index is 12.2. The number of amides is 1. The molecule has 2 atom stereocenters. The van der Waals surface area contributed by atoms with Gasteiger partial charge in [-0.25, -0.2) is 0 Å². The van der Waals surface area contributed by atoms with Gasteiger partial charge in [0.05, 0.1) is 0 Å². The number of nitrogens with zero attached hydrogens (tertiary/aromatic N) is 1. The first-order chi connectivity index (χ1) is 8.18. The highest BCUT2D eigenvalue weighted by atomic mass is 35.5. The van der Waals surface area contributed by atoms with Gasteiger partial charge in [0, 0.05) is 25.0 Å². The number of hydrogen-bond acceptors (Lipinski definition) is 2. The van der Waals surface area contributed by atoms with E-state index in [9.17, 15) is 4.79 Å². The molecular weight excluding hydrogens is 248 g/mol. The lowest BCUT2D eigenvalue weighted by Gasteiger charge is -2.29. The molecular formula is C14H27ClN2O. The van der Waals surface area contributed by atoms with E-state index in [-0.39, 0.29) is 18.4 Å². The summed E-state index contributed by atoms with van der Waals surface area (Å²) in [5.41, 5.74) is 5.73. The third-order valence-corrected chi connectivity index (χ3v) is 4.38. The molecule has 0 aromatic heterocycles. The molecule has 2 rings (SSSR count). The molecule has 1 saturated heterocycles. The van der Waals surface area contributed by atoms with E-state index in [4.69, 9.17) is 5.73 Å². The van der Waals surface area contributed by atoms with Crippen LogP contribution in [0.3, 0.4) is 0 Å². The predicted molar refractivity (Wildman–Crippen MR) is 76.8 cm³/mol. The highest BCUT2D eigenvalue weighted by molar-refractivity contribution is 5.85. The average molecular weight is 275 g/mol. The lowest BCUT2D eigenvalue weighted by Crippen LogP contribution is -2.39. The minimum atomic E-state index is 0. The fourth-order valence-corrected chi connectivity index (χ4v) is 3.43. The molecule has 0 aromatic rings. The van der Waals surface area contributed by atoms with E-state index < -0.39 is 0 Å². The number of carbonyl (C=O) groups excluding carboxylic acids is 1. The third-order valence-electron chi connectivity index (χ3n) is 4.38. The van der Waals surface area contributed by atoms with Crippen molar-refractivity contribution in [2.24, 2.45) is 11.7 Å². The monoisotopic (exact) mass is 274 g/mol. The molecule has 2 N–H and O–H groups in total. The van der Waals surface area contributed by atoms with Crippen molar-refractivity contribution in [1.29, 1.82) is 0 Å². The van der Waals surface area contributed by atoms with Crippen molar-refractivity contribution in [2.75, 3.05) is 6.54 Å². The Balaban J connectivity index is 0.00000162. The van der Waals surface area contributed by atoms with E-state index in [1.165, 1.54) is 38.5 Å². The molecule has 2 fully saturated rings. The van der Waals surface area contributed by atoms with Gasteiger partial charge in [-0.05, 0) is 44.9 Å². The van der Waals surface area contributed by atoms with E-state index in [1.807, 2.05) is 6.92 Å². The number of halogens is 1. The maximum absolute atomic E-state index is 12.2. The van der Waals surface area contributed by atoms with Crippen LogP contribution in [-0.2, 0) is 4.79 Å². The molecule has 0 aromatic carbocycles. The van der Waals surface area contributed by atoms with Crippen LogP contribution in [0.5, 0.6) is 0 Å². The zero-order valence-electron chi connectivity index (χ0n) is 11.4.